The van der Waals surface area contributed by atoms with Gasteiger partial charge in [-0.25, -0.2) is 19.3 Å². The van der Waals surface area contributed by atoms with E-state index in [1.165, 1.54) is 16.7 Å². The van der Waals surface area contributed by atoms with Gasteiger partial charge in [-0.05, 0) is 60.9 Å². The Morgan fingerprint density at radius 2 is 2.15 bits per heavy atom. The molecule has 0 fully saturated rings. The van der Waals surface area contributed by atoms with Crippen molar-refractivity contribution in [1.29, 1.82) is 0 Å². The van der Waals surface area contributed by atoms with Gasteiger partial charge in [-0.1, -0.05) is 24.3 Å². The van der Waals surface area contributed by atoms with Crippen LogP contribution in [0, 0.1) is 6.92 Å². The fourth-order valence-corrected chi connectivity index (χ4v) is 4.19. The number of nitrogens with one attached hydrogen (secondary N) is 2. The highest BCUT2D eigenvalue weighted by Gasteiger charge is 2.17. The first kappa shape index (κ1) is 20.8. The molecule has 1 aliphatic rings. The van der Waals surface area contributed by atoms with E-state index in [0.29, 0.717) is 29.3 Å². The SMILES string of the molecule is C=CCn1c(=O)c2cnc(Nc3ccc(C4=CCNCC4)c(C)c3)nc2n1-c1ccccn1. The minimum Gasteiger partial charge on any atom is -0.324 e. The first-order valence-corrected chi connectivity index (χ1v) is 10.9. The molecule has 0 spiro atoms. The summed E-state index contributed by atoms with van der Waals surface area (Å²) in [6, 6.07) is 11.8. The van der Waals surface area contributed by atoms with Crippen LogP contribution in [0.3, 0.4) is 0 Å². The number of aromatic nitrogens is 5. The van der Waals surface area contributed by atoms with Gasteiger partial charge in [0, 0.05) is 24.6 Å². The Bertz CT molecular complexity index is 1420. The summed E-state index contributed by atoms with van der Waals surface area (Å²) in [4.78, 5) is 26.5. The lowest BCUT2D eigenvalue weighted by Crippen LogP contribution is -2.22. The third-order valence-corrected chi connectivity index (χ3v) is 5.74. The Labute approximate surface area is 191 Å². The number of aryl methyl sites for hydroxylation is 1. The number of rotatable bonds is 6. The van der Waals surface area contributed by atoms with Crippen LogP contribution in [0.25, 0.3) is 22.4 Å². The maximum Gasteiger partial charge on any atom is 0.278 e. The fourth-order valence-electron chi connectivity index (χ4n) is 4.19. The van der Waals surface area contributed by atoms with E-state index in [-0.39, 0.29) is 5.56 Å². The Kier molecular flexibility index (Phi) is 5.58. The fraction of sp³-hybridized carbons (Fsp3) is 0.200. The molecule has 1 aromatic carbocycles. The summed E-state index contributed by atoms with van der Waals surface area (Å²) in [5.74, 6) is 1.02. The summed E-state index contributed by atoms with van der Waals surface area (Å²) in [6.07, 6.45) is 8.20. The molecule has 33 heavy (non-hydrogen) atoms. The van der Waals surface area contributed by atoms with Crippen LogP contribution >= 0.6 is 0 Å². The molecule has 3 aromatic heterocycles. The summed E-state index contributed by atoms with van der Waals surface area (Å²) in [5, 5.41) is 7.07. The van der Waals surface area contributed by atoms with Gasteiger partial charge in [0.05, 0.1) is 6.54 Å². The van der Waals surface area contributed by atoms with Crippen LogP contribution in [0.1, 0.15) is 17.5 Å². The minimum atomic E-state index is -0.183. The minimum absolute atomic E-state index is 0.183. The predicted octanol–water partition coefficient (Wildman–Crippen LogP) is 3.59. The molecule has 166 valence electrons. The summed E-state index contributed by atoms with van der Waals surface area (Å²) >= 11 is 0. The first-order valence-electron chi connectivity index (χ1n) is 10.9. The highest BCUT2D eigenvalue weighted by molar-refractivity contribution is 5.77. The summed E-state index contributed by atoms with van der Waals surface area (Å²) in [7, 11) is 0. The molecule has 0 saturated carbocycles. The second-order valence-electron chi connectivity index (χ2n) is 7.94. The van der Waals surface area contributed by atoms with Crippen LogP contribution in [0.4, 0.5) is 11.6 Å². The second-order valence-corrected chi connectivity index (χ2v) is 7.94. The van der Waals surface area contributed by atoms with Gasteiger partial charge in [-0.15, -0.1) is 6.58 Å². The standard InChI is InChI=1S/C25H25N7O/c1-3-14-31-24(33)21-16-28-25(30-23(21)32(31)22-6-4-5-11-27-22)29-19-7-8-20(17(2)15-19)18-9-12-26-13-10-18/h3-9,11,15-16,26H,1,10,12-14H2,2H3,(H,28,29,30). The molecular formula is C25H25N7O. The van der Waals surface area contributed by atoms with E-state index in [2.05, 4.69) is 57.3 Å². The van der Waals surface area contributed by atoms with Crippen molar-refractivity contribution in [3.05, 3.63) is 89.0 Å². The van der Waals surface area contributed by atoms with Gasteiger partial charge in [-0.3, -0.25) is 4.79 Å². The molecule has 4 heterocycles. The molecule has 0 bridgehead atoms. The Morgan fingerprint density at radius 3 is 2.88 bits per heavy atom. The van der Waals surface area contributed by atoms with Crippen LogP contribution in [0.15, 0.2) is 72.3 Å². The van der Waals surface area contributed by atoms with Gasteiger partial charge in [-0.2, -0.15) is 4.98 Å². The van der Waals surface area contributed by atoms with Gasteiger partial charge < -0.3 is 10.6 Å². The molecule has 0 unspecified atom stereocenters. The van der Waals surface area contributed by atoms with Crippen LogP contribution in [0.5, 0.6) is 0 Å². The average molecular weight is 440 g/mol. The molecule has 8 nitrogen and oxygen atoms in total. The molecule has 0 radical (unpaired) electrons. The van der Waals surface area contributed by atoms with Crippen LogP contribution in [-0.4, -0.2) is 37.4 Å². The lowest BCUT2D eigenvalue weighted by molar-refractivity contribution is 0.597. The topological polar surface area (TPSA) is 89.7 Å². The number of fused-ring (bicyclic) bond motifs is 1. The lowest BCUT2D eigenvalue weighted by atomic mass is 9.96. The monoisotopic (exact) mass is 439 g/mol. The van der Waals surface area contributed by atoms with Gasteiger partial charge in [0.1, 0.15) is 5.39 Å². The predicted molar refractivity (Wildman–Crippen MR) is 131 cm³/mol. The number of pyridine rings is 1. The first-order chi connectivity index (χ1) is 16.2. The van der Waals surface area contributed by atoms with Gasteiger partial charge in [0.15, 0.2) is 11.5 Å². The van der Waals surface area contributed by atoms with Crippen molar-refractivity contribution in [2.24, 2.45) is 0 Å². The van der Waals surface area contributed by atoms with E-state index in [9.17, 15) is 4.79 Å². The average Bonchev–Trinajstić information content (AvgIpc) is 3.11. The third kappa shape index (κ3) is 3.96. The number of allylic oxidation sites excluding steroid dienone is 1. The van der Waals surface area contributed by atoms with E-state index < -0.39 is 0 Å². The molecule has 2 N–H and O–H groups in total. The van der Waals surface area contributed by atoms with Crippen molar-refractivity contribution >= 4 is 28.2 Å². The van der Waals surface area contributed by atoms with Crippen molar-refractivity contribution in [1.82, 2.24) is 29.6 Å². The van der Waals surface area contributed by atoms with E-state index in [0.717, 1.165) is 25.2 Å². The molecular weight excluding hydrogens is 414 g/mol. The zero-order valence-electron chi connectivity index (χ0n) is 18.5. The van der Waals surface area contributed by atoms with Crippen molar-refractivity contribution in [2.45, 2.75) is 19.9 Å². The van der Waals surface area contributed by atoms with E-state index >= 15 is 0 Å². The Balaban J connectivity index is 1.53. The maximum atomic E-state index is 13.0. The van der Waals surface area contributed by atoms with Gasteiger partial charge >= 0.3 is 0 Å². The summed E-state index contributed by atoms with van der Waals surface area (Å²) in [6.45, 7) is 8.13. The number of hydrogen-bond donors (Lipinski definition) is 2. The zero-order chi connectivity index (χ0) is 22.8. The highest BCUT2D eigenvalue weighted by atomic mass is 16.1. The molecule has 0 atom stereocenters. The number of hydrogen-bond acceptors (Lipinski definition) is 6. The smallest absolute Gasteiger partial charge is 0.278 e. The number of nitrogens with zero attached hydrogens (tertiary/aromatic N) is 5. The highest BCUT2D eigenvalue weighted by Crippen LogP contribution is 2.27. The van der Waals surface area contributed by atoms with Crippen LogP contribution in [-0.2, 0) is 6.54 Å². The van der Waals surface area contributed by atoms with Crippen molar-refractivity contribution in [3.8, 4) is 5.82 Å². The molecule has 1 aliphatic heterocycles. The molecule has 0 saturated heterocycles. The summed E-state index contributed by atoms with van der Waals surface area (Å²) in [5.41, 5.74) is 5.03. The molecule has 5 rings (SSSR count). The van der Waals surface area contributed by atoms with Gasteiger partial charge in [0.25, 0.3) is 5.56 Å². The van der Waals surface area contributed by atoms with Crippen LogP contribution < -0.4 is 16.2 Å². The Morgan fingerprint density at radius 1 is 1.24 bits per heavy atom. The van der Waals surface area contributed by atoms with Crippen molar-refractivity contribution in [3.63, 3.8) is 0 Å². The third-order valence-electron chi connectivity index (χ3n) is 5.74. The largest absolute Gasteiger partial charge is 0.324 e. The molecule has 8 heteroatoms. The lowest BCUT2D eigenvalue weighted by Gasteiger charge is -2.17. The van der Waals surface area contributed by atoms with Gasteiger partial charge in [0.2, 0.25) is 5.95 Å². The van der Waals surface area contributed by atoms with Crippen LogP contribution in [0.2, 0.25) is 0 Å². The maximum absolute atomic E-state index is 13.0. The normalized spacial score (nSPS) is 13.7. The molecule has 4 aromatic rings. The number of benzene rings is 1. The number of anilines is 2. The van der Waals surface area contributed by atoms with Crippen molar-refractivity contribution < 1.29 is 0 Å². The van der Waals surface area contributed by atoms with E-state index in [1.807, 2.05) is 24.3 Å². The molecule has 0 amide bonds. The van der Waals surface area contributed by atoms with Crippen molar-refractivity contribution in [2.75, 3.05) is 18.4 Å². The second kappa shape index (κ2) is 8.84. The Hall–Kier alpha value is -4.04. The zero-order valence-corrected chi connectivity index (χ0v) is 18.5. The van der Waals surface area contributed by atoms with E-state index in [1.54, 1.807) is 27.8 Å². The molecule has 0 aliphatic carbocycles. The quantitative estimate of drug-likeness (QED) is 0.446. The van der Waals surface area contributed by atoms with E-state index in [4.69, 9.17) is 0 Å². The summed E-state index contributed by atoms with van der Waals surface area (Å²) < 4.78 is 3.27.